The molecule has 1 saturated carbocycles. The fraction of sp³-hybridized carbons (Fsp3) is 0.375. The number of aromatic nitrogens is 2. The smallest absolute Gasteiger partial charge is 0.356 e. The highest BCUT2D eigenvalue weighted by atomic mass is 16.4. The minimum atomic E-state index is -0.987. The second-order valence-electron chi connectivity index (χ2n) is 5.45. The van der Waals surface area contributed by atoms with E-state index in [0.29, 0.717) is 5.92 Å². The van der Waals surface area contributed by atoms with Crippen molar-refractivity contribution in [3.05, 3.63) is 41.6 Å². The van der Waals surface area contributed by atoms with Gasteiger partial charge in [-0.3, -0.25) is 4.68 Å². The van der Waals surface area contributed by atoms with Crippen LogP contribution in [-0.4, -0.2) is 20.9 Å². The monoisotopic (exact) mass is 270 g/mol. The fourth-order valence-electron chi connectivity index (χ4n) is 3.05. The normalized spacial score (nSPS) is 15.7. The molecule has 0 aliphatic heterocycles. The molecule has 1 heterocycles. The van der Waals surface area contributed by atoms with E-state index in [1.165, 1.54) is 31.2 Å². The molecule has 0 unspecified atom stereocenters. The minimum absolute atomic E-state index is 0.0915. The molecular formula is C16H18N2O2. The van der Waals surface area contributed by atoms with Crippen LogP contribution in [0.25, 0.3) is 11.3 Å². The summed E-state index contributed by atoms with van der Waals surface area (Å²) in [7, 11) is 1.78. The maximum Gasteiger partial charge on any atom is 0.356 e. The Bertz CT molecular complexity index is 640. The first kappa shape index (κ1) is 12.9. The number of carboxylic acids is 1. The van der Waals surface area contributed by atoms with Crippen LogP contribution in [0, 0.1) is 0 Å². The number of rotatable bonds is 3. The highest BCUT2D eigenvalue weighted by Gasteiger charge is 2.18. The molecule has 104 valence electrons. The molecule has 1 fully saturated rings. The average Bonchev–Trinajstić information content (AvgIpc) is 3.08. The quantitative estimate of drug-likeness (QED) is 0.929. The molecule has 1 aromatic carbocycles. The summed E-state index contributed by atoms with van der Waals surface area (Å²) in [5.74, 6) is -0.332. The lowest BCUT2D eigenvalue weighted by atomic mass is 9.95. The van der Waals surface area contributed by atoms with Crippen molar-refractivity contribution < 1.29 is 9.90 Å². The van der Waals surface area contributed by atoms with Crippen LogP contribution < -0.4 is 0 Å². The van der Waals surface area contributed by atoms with Crippen molar-refractivity contribution in [1.82, 2.24) is 9.78 Å². The van der Waals surface area contributed by atoms with Gasteiger partial charge in [-0.2, -0.15) is 5.10 Å². The third-order valence-corrected chi connectivity index (χ3v) is 4.11. The maximum absolute atomic E-state index is 11.0. The molecule has 1 N–H and O–H groups in total. The molecule has 0 radical (unpaired) electrons. The Hall–Kier alpha value is -2.10. The molecule has 0 amide bonds. The standard InChI is InChI=1S/C16H18N2O2/c1-18-15(10-14(17-18)16(19)20)13-8-4-7-12(9-13)11-5-2-3-6-11/h4,7-11H,2-3,5-6H2,1H3,(H,19,20). The zero-order chi connectivity index (χ0) is 14.1. The van der Waals surface area contributed by atoms with Crippen LogP contribution in [0.1, 0.15) is 47.7 Å². The molecule has 0 bridgehead atoms. The van der Waals surface area contributed by atoms with Gasteiger partial charge in [0.05, 0.1) is 5.69 Å². The van der Waals surface area contributed by atoms with Gasteiger partial charge < -0.3 is 5.11 Å². The molecule has 1 aliphatic rings. The molecular weight excluding hydrogens is 252 g/mol. The molecule has 3 rings (SSSR count). The van der Waals surface area contributed by atoms with Gasteiger partial charge in [0.1, 0.15) is 0 Å². The molecule has 4 nitrogen and oxygen atoms in total. The van der Waals surface area contributed by atoms with E-state index in [4.69, 9.17) is 5.11 Å². The predicted octanol–water partition coefficient (Wildman–Crippen LogP) is 3.44. The zero-order valence-corrected chi connectivity index (χ0v) is 11.5. The van der Waals surface area contributed by atoms with Gasteiger partial charge in [0.2, 0.25) is 0 Å². The number of hydrogen-bond donors (Lipinski definition) is 1. The Balaban J connectivity index is 1.97. The zero-order valence-electron chi connectivity index (χ0n) is 11.5. The molecule has 20 heavy (non-hydrogen) atoms. The highest BCUT2D eigenvalue weighted by Crippen LogP contribution is 2.35. The van der Waals surface area contributed by atoms with E-state index < -0.39 is 5.97 Å². The van der Waals surface area contributed by atoms with Crippen molar-refractivity contribution in [2.75, 3.05) is 0 Å². The van der Waals surface area contributed by atoms with Gasteiger partial charge in [0.25, 0.3) is 0 Å². The molecule has 4 heteroatoms. The van der Waals surface area contributed by atoms with E-state index in [0.717, 1.165) is 11.3 Å². The lowest BCUT2D eigenvalue weighted by Gasteiger charge is -2.11. The summed E-state index contributed by atoms with van der Waals surface area (Å²) in [6.45, 7) is 0. The van der Waals surface area contributed by atoms with Crippen LogP contribution in [0.4, 0.5) is 0 Å². The first-order valence-corrected chi connectivity index (χ1v) is 7.03. The SMILES string of the molecule is Cn1nc(C(=O)O)cc1-c1cccc(C2CCCC2)c1. The number of nitrogens with zero attached hydrogens (tertiary/aromatic N) is 2. The van der Waals surface area contributed by atoms with E-state index in [9.17, 15) is 4.79 Å². The Morgan fingerprint density at radius 1 is 1.30 bits per heavy atom. The van der Waals surface area contributed by atoms with E-state index in [2.05, 4.69) is 23.3 Å². The average molecular weight is 270 g/mol. The Kier molecular flexibility index (Phi) is 3.30. The largest absolute Gasteiger partial charge is 0.476 e. The summed E-state index contributed by atoms with van der Waals surface area (Å²) in [6.07, 6.45) is 5.14. The summed E-state index contributed by atoms with van der Waals surface area (Å²) >= 11 is 0. The molecule has 0 saturated heterocycles. The van der Waals surface area contributed by atoms with Gasteiger partial charge in [0, 0.05) is 12.6 Å². The number of carbonyl (C=O) groups is 1. The van der Waals surface area contributed by atoms with E-state index in [1.807, 2.05) is 6.07 Å². The topological polar surface area (TPSA) is 55.1 Å². The Morgan fingerprint density at radius 2 is 2.05 bits per heavy atom. The molecule has 1 aliphatic carbocycles. The third kappa shape index (κ3) is 2.33. The van der Waals surface area contributed by atoms with Crippen molar-refractivity contribution in [2.24, 2.45) is 7.05 Å². The van der Waals surface area contributed by atoms with Crippen LogP contribution in [-0.2, 0) is 7.05 Å². The number of hydrogen-bond acceptors (Lipinski definition) is 2. The number of aryl methyl sites for hydroxylation is 1. The van der Waals surface area contributed by atoms with Crippen molar-refractivity contribution in [1.29, 1.82) is 0 Å². The van der Waals surface area contributed by atoms with Crippen LogP contribution in [0.15, 0.2) is 30.3 Å². The third-order valence-electron chi connectivity index (χ3n) is 4.11. The number of carboxylic acid groups (broad SMARTS) is 1. The summed E-state index contributed by atoms with van der Waals surface area (Å²) in [5, 5.41) is 13.1. The first-order chi connectivity index (χ1) is 9.65. The van der Waals surface area contributed by atoms with Crippen molar-refractivity contribution in [3.8, 4) is 11.3 Å². The summed E-state index contributed by atoms with van der Waals surface area (Å²) in [4.78, 5) is 11.0. The van der Waals surface area contributed by atoms with Gasteiger partial charge in [-0.1, -0.05) is 31.0 Å². The summed E-state index contributed by atoms with van der Waals surface area (Å²) < 4.78 is 1.64. The maximum atomic E-state index is 11.0. The van der Waals surface area contributed by atoms with Gasteiger partial charge in [-0.05, 0) is 36.5 Å². The second kappa shape index (κ2) is 5.12. The molecule has 0 atom stereocenters. The molecule has 1 aromatic heterocycles. The minimum Gasteiger partial charge on any atom is -0.476 e. The van der Waals surface area contributed by atoms with Crippen molar-refractivity contribution in [3.63, 3.8) is 0 Å². The van der Waals surface area contributed by atoms with Crippen LogP contribution in [0.3, 0.4) is 0 Å². The predicted molar refractivity (Wildman–Crippen MR) is 76.8 cm³/mol. The van der Waals surface area contributed by atoms with E-state index >= 15 is 0 Å². The lowest BCUT2D eigenvalue weighted by molar-refractivity contribution is 0.0689. The number of benzene rings is 1. The summed E-state index contributed by atoms with van der Waals surface area (Å²) in [5.41, 5.74) is 3.34. The second-order valence-corrected chi connectivity index (χ2v) is 5.45. The van der Waals surface area contributed by atoms with Gasteiger partial charge >= 0.3 is 5.97 Å². The number of aromatic carboxylic acids is 1. The Morgan fingerprint density at radius 3 is 2.70 bits per heavy atom. The van der Waals surface area contributed by atoms with Gasteiger partial charge in [0.15, 0.2) is 5.69 Å². The highest BCUT2D eigenvalue weighted by molar-refractivity contribution is 5.87. The molecule has 2 aromatic rings. The van der Waals surface area contributed by atoms with Crippen LogP contribution in [0.2, 0.25) is 0 Å². The van der Waals surface area contributed by atoms with E-state index in [-0.39, 0.29) is 5.69 Å². The summed E-state index contributed by atoms with van der Waals surface area (Å²) in [6, 6.07) is 10.1. The molecule has 0 spiro atoms. The van der Waals surface area contributed by atoms with E-state index in [1.54, 1.807) is 17.8 Å². The Labute approximate surface area is 118 Å². The van der Waals surface area contributed by atoms with Gasteiger partial charge in [-0.15, -0.1) is 0 Å². The van der Waals surface area contributed by atoms with Crippen molar-refractivity contribution >= 4 is 5.97 Å². The van der Waals surface area contributed by atoms with Crippen LogP contribution >= 0.6 is 0 Å². The fourth-order valence-corrected chi connectivity index (χ4v) is 3.05. The van der Waals surface area contributed by atoms with Crippen molar-refractivity contribution in [2.45, 2.75) is 31.6 Å². The lowest BCUT2D eigenvalue weighted by Crippen LogP contribution is -1.99. The van der Waals surface area contributed by atoms with Crippen LogP contribution in [0.5, 0.6) is 0 Å². The first-order valence-electron chi connectivity index (χ1n) is 7.03. The van der Waals surface area contributed by atoms with Gasteiger partial charge in [-0.25, -0.2) is 4.79 Å².